The van der Waals surface area contributed by atoms with E-state index < -0.39 is 77.2 Å². The van der Waals surface area contributed by atoms with Gasteiger partial charge in [0.2, 0.25) is 11.7 Å². The topological polar surface area (TPSA) is 153 Å². The number of rotatable bonds is 10. The normalized spacial score (nSPS) is 17.0. The fraction of sp³-hybridized carbons (Fsp3) is 0.300. The van der Waals surface area contributed by atoms with E-state index in [1.54, 1.807) is 19.2 Å². The van der Waals surface area contributed by atoms with Gasteiger partial charge in [-0.15, -0.1) is 0 Å². The molecule has 19 heteroatoms. The van der Waals surface area contributed by atoms with Crippen LogP contribution in [-0.2, 0) is 30.7 Å². The lowest BCUT2D eigenvalue weighted by atomic mass is 9.93. The first-order chi connectivity index (χ1) is 27.9. The number of pyridine rings is 1. The largest absolute Gasteiger partial charge is 0.378 e. The van der Waals surface area contributed by atoms with E-state index in [0.717, 1.165) is 12.1 Å². The van der Waals surface area contributed by atoms with E-state index in [4.69, 9.17) is 21.1 Å². The molecule has 8 rings (SSSR count). The Morgan fingerprint density at radius 2 is 1.80 bits per heavy atom. The number of carbonyl (C=O) groups is 2. The molecule has 4 aromatic heterocycles. The Labute approximate surface area is 335 Å². The highest BCUT2D eigenvalue weighted by Gasteiger charge is 2.67. The lowest BCUT2D eigenvalue weighted by Crippen LogP contribution is -2.35. The number of benzene rings is 2. The summed E-state index contributed by atoms with van der Waals surface area (Å²) >= 11 is 6.70. The molecule has 1 fully saturated rings. The molecular formula is C40H31ClF6N8O4. The molecule has 3 atom stereocenters. The van der Waals surface area contributed by atoms with Gasteiger partial charge in [-0.2, -0.15) is 19.0 Å². The number of carbonyl (C=O) groups excluding carboxylic acids is 2. The van der Waals surface area contributed by atoms with Crippen LogP contribution in [0.5, 0.6) is 0 Å². The van der Waals surface area contributed by atoms with Gasteiger partial charge in [0.1, 0.15) is 40.9 Å². The molecule has 2 aliphatic rings. The molecule has 0 aliphatic heterocycles. The predicted molar refractivity (Wildman–Crippen MR) is 199 cm³/mol. The summed E-state index contributed by atoms with van der Waals surface area (Å²) in [5.74, 6) is -3.59. The monoisotopic (exact) mass is 836 g/mol. The number of hydrogen-bond acceptors (Lipinski definition) is 8. The number of anilines is 1. The average molecular weight is 837 g/mol. The highest BCUT2D eigenvalue weighted by atomic mass is 35.5. The van der Waals surface area contributed by atoms with Crippen LogP contribution in [-0.4, -0.2) is 52.2 Å². The van der Waals surface area contributed by atoms with Crippen LogP contribution in [0.3, 0.4) is 0 Å². The number of aromatic nitrogens is 6. The molecule has 2 amide bonds. The van der Waals surface area contributed by atoms with E-state index in [1.165, 1.54) is 42.9 Å². The Hall–Kier alpha value is -6.19. The molecular weight excluding hydrogens is 806 g/mol. The third-order valence-electron chi connectivity index (χ3n) is 10.0. The Kier molecular flexibility index (Phi) is 9.79. The van der Waals surface area contributed by atoms with Crippen molar-refractivity contribution in [3.05, 3.63) is 111 Å². The number of amides is 2. The summed E-state index contributed by atoms with van der Waals surface area (Å²) in [6.45, 7) is 1.98. The standard InChI is InChI=1S/C40H31ClF6N8O4/c1-39(2,58)10-8-21-4-5-22(23-6-7-26(41)31-34(23)54(3)53-37(31)51-38(57)28-9-11-48-59-28)32(49-21)27(14-18-12-19(42)15-20(43)13-18)50-29(56)17-55-35-30(33(52-55)36(44)45)24-16-25(24)40(35,46)47/h4-7,9,11-13,15,24-25,27,36,58H,14,16-17H2,1-3H3,(H,50,56)(H,51,53,57)/t24-,25+,27-/m0/s1. The minimum Gasteiger partial charge on any atom is -0.378 e. The van der Waals surface area contributed by atoms with Crippen molar-refractivity contribution in [1.82, 2.24) is 35.0 Å². The smallest absolute Gasteiger partial charge is 0.295 e. The second-order valence-corrected chi connectivity index (χ2v) is 15.2. The summed E-state index contributed by atoms with van der Waals surface area (Å²) in [4.78, 5) is 31.7. The highest BCUT2D eigenvalue weighted by Crippen LogP contribution is 2.68. The van der Waals surface area contributed by atoms with E-state index in [-0.39, 0.29) is 57.3 Å². The van der Waals surface area contributed by atoms with Crippen LogP contribution in [0.25, 0.3) is 22.0 Å². The molecule has 1 saturated carbocycles. The maximum Gasteiger partial charge on any atom is 0.295 e. The van der Waals surface area contributed by atoms with Crippen LogP contribution in [0.2, 0.25) is 5.02 Å². The van der Waals surface area contributed by atoms with Crippen molar-refractivity contribution < 1.29 is 45.6 Å². The van der Waals surface area contributed by atoms with Crippen molar-refractivity contribution in [1.29, 1.82) is 0 Å². The van der Waals surface area contributed by atoms with Crippen molar-refractivity contribution in [2.24, 2.45) is 13.0 Å². The number of aliphatic hydroxyl groups is 1. The predicted octanol–water partition coefficient (Wildman–Crippen LogP) is 7.37. The van der Waals surface area contributed by atoms with E-state index in [0.29, 0.717) is 27.4 Å². The van der Waals surface area contributed by atoms with Gasteiger partial charge in [-0.1, -0.05) is 28.7 Å². The average Bonchev–Trinajstić information content (AvgIpc) is 3.40. The summed E-state index contributed by atoms with van der Waals surface area (Å²) in [5, 5.41) is 28.0. The van der Waals surface area contributed by atoms with Crippen molar-refractivity contribution in [3.63, 3.8) is 0 Å². The number of fused-ring (bicyclic) bond motifs is 4. The third-order valence-corrected chi connectivity index (χ3v) is 10.3. The zero-order valence-electron chi connectivity index (χ0n) is 31.1. The van der Waals surface area contributed by atoms with Crippen molar-refractivity contribution in [2.45, 2.75) is 63.1 Å². The van der Waals surface area contributed by atoms with E-state index in [2.05, 4.69) is 37.8 Å². The Bertz CT molecular complexity index is 2710. The van der Waals surface area contributed by atoms with Gasteiger partial charge < -0.3 is 20.3 Å². The molecule has 0 saturated heterocycles. The van der Waals surface area contributed by atoms with Crippen LogP contribution < -0.4 is 10.6 Å². The number of alkyl halides is 4. The summed E-state index contributed by atoms with van der Waals surface area (Å²) in [7, 11) is 1.58. The van der Waals surface area contributed by atoms with Crippen molar-refractivity contribution in [3.8, 4) is 23.0 Å². The summed E-state index contributed by atoms with van der Waals surface area (Å²) in [6, 6.07) is 9.02. The zero-order chi connectivity index (χ0) is 42.1. The summed E-state index contributed by atoms with van der Waals surface area (Å²) in [5.41, 5.74) is -2.03. The quantitative estimate of drug-likeness (QED) is 0.0956. The minimum atomic E-state index is -3.50. The Morgan fingerprint density at radius 1 is 1.07 bits per heavy atom. The second kappa shape index (κ2) is 14.6. The molecule has 6 aromatic rings. The maximum atomic E-state index is 15.4. The maximum absolute atomic E-state index is 15.4. The van der Waals surface area contributed by atoms with Gasteiger partial charge in [0.25, 0.3) is 18.3 Å². The van der Waals surface area contributed by atoms with Gasteiger partial charge >= 0.3 is 0 Å². The summed E-state index contributed by atoms with van der Waals surface area (Å²) < 4.78 is 95.2. The first kappa shape index (κ1) is 39.6. The number of halogens is 7. The summed E-state index contributed by atoms with van der Waals surface area (Å²) in [6.07, 6.45) is -2.19. The molecule has 0 bridgehead atoms. The number of aryl methyl sites for hydroxylation is 1. The molecule has 0 unspecified atom stereocenters. The molecule has 12 nitrogen and oxygen atoms in total. The first-order valence-corrected chi connectivity index (χ1v) is 18.4. The van der Waals surface area contributed by atoms with Gasteiger partial charge in [-0.25, -0.2) is 22.5 Å². The van der Waals surface area contributed by atoms with E-state index in [1.807, 2.05) is 0 Å². The lowest BCUT2D eigenvalue weighted by molar-refractivity contribution is -0.123. The van der Waals surface area contributed by atoms with Crippen LogP contribution in [0.1, 0.15) is 83.1 Å². The van der Waals surface area contributed by atoms with E-state index in [9.17, 15) is 32.3 Å². The molecule has 3 N–H and O–H groups in total. The number of nitrogens with zero attached hydrogens (tertiary/aromatic N) is 6. The van der Waals surface area contributed by atoms with Crippen molar-refractivity contribution >= 4 is 40.1 Å². The van der Waals surface area contributed by atoms with Crippen LogP contribution >= 0.6 is 11.6 Å². The van der Waals surface area contributed by atoms with Gasteiger partial charge in [-0.3, -0.25) is 19.0 Å². The molecule has 2 aliphatic carbocycles. The molecule has 2 aromatic carbocycles. The molecule has 304 valence electrons. The minimum absolute atomic E-state index is 0.0228. The Balaban J connectivity index is 1.26. The zero-order valence-corrected chi connectivity index (χ0v) is 31.9. The second-order valence-electron chi connectivity index (χ2n) is 14.8. The van der Waals surface area contributed by atoms with Gasteiger partial charge in [0.15, 0.2) is 5.82 Å². The molecule has 0 spiro atoms. The molecule has 59 heavy (non-hydrogen) atoms. The van der Waals surface area contributed by atoms with Gasteiger partial charge in [0, 0.05) is 41.8 Å². The van der Waals surface area contributed by atoms with Crippen molar-refractivity contribution in [2.75, 3.05) is 5.32 Å². The number of hydrogen-bond donors (Lipinski definition) is 3. The van der Waals surface area contributed by atoms with Crippen LogP contribution in [0.15, 0.2) is 59.3 Å². The highest BCUT2D eigenvalue weighted by molar-refractivity contribution is 6.37. The van der Waals surface area contributed by atoms with Gasteiger partial charge in [-0.05, 0) is 74.4 Å². The molecule has 4 heterocycles. The van der Waals surface area contributed by atoms with E-state index >= 15 is 8.78 Å². The fourth-order valence-corrected chi connectivity index (χ4v) is 7.82. The SMILES string of the molecule is Cn1nc(NC(=O)c2ccno2)c2c(Cl)ccc(-c3ccc(C#CC(C)(C)O)nc3[C@H](Cc3cc(F)cc(F)c3)NC(=O)Cn3nc(C(F)F)c4c3C(F)(F)[C@@H]3C[C@H]43)c21. The van der Waals surface area contributed by atoms with Crippen LogP contribution in [0, 0.1) is 29.4 Å². The third kappa shape index (κ3) is 7.51. The number of nitrogens with one attached hydrogen (secondary N) is 2. The van der Waals surface area contributed by atoms with Crippen LogP contribution in [0.4, 0.5) is 32.2 Å². The first-order valence-electron chi connectivity index (χ1n) is 18.0. The lowest BCUT2D eigenvalue weighted by Gasteiger charge is -2.23. The van der Waals surface area contributed by atoms with Gasteiger partial charge in [0.05, 0.1) is 33.9 Å². The Morgan fingerprint density at radius 3 is 2.47 bits per heavy atom. The fourth-order valence-electron chi connectivity index (χ4n) is 7.57. The molecule has 0 radical (unpaired) electrons.